The van der Waals surface area contributed by atoms with E-state index in [2.05, 4.69) is 10.1 Å². The van der Waals surface area contributed by atoms with Crippen molar-refractivity contribution in [3.63, 3.8) is 0 Å². The predicted octanol–water partition coefficient (Wildman–Crippen LogP) is 2.26. The molecule has 0 radical (unpaired) electrons. The van der Waals surface area contributed by atoms with Crippen LogP contribution in [0.1, 0.15) is 32.9 Å². The lowest BCUT2D eigenvalue weighted by atomic mass is 10.0. The van der Waals surface area contributed by atoms with Crippen molar-refractivity contribution in [3.8, 4) is 5.75 Å². The van der Waals surface area contributed by atoms with E-state index in [0.717, 1.165) is 24.2 Å². The van der Waals surface area contributed by atoms with Gasteiger partial charge in [0.05, 0.1) is 5.69 Å². The van der Waals surface area contributed by atoms with Crippen LogP contribution in [-0.4, -0.2) is 52.1 Å². The topological polar surface area (TPSA) is 69.8 Å². The van der Waals surface area contributed by atoms with Crippen molar-refractivity contribution in [1.82, 2.24) is 15.0 Å². The number of phenols is 1. The van der Waals surface area contributed by atoms with E-state index in [1.807, 2.05) is 26.0 Å². The van der Waals surface area contributed by atoms with E-state index < -0.39 is 0 Å². The summed E-state index contributed by atoms with van der Waals surface area (Å²) < 4.78 is 5.05. The quantitative estimate of drug-likeness (QED) is 0.935. The lowest BCUT2D eigenvalue weighted by molar-refractivity contribution is 0.0587. The smallest absolute Gasteiger partial charge is 0.292 e. The average Bonchev–Trinajstić information content (AvgIpc) is 2.99. The first kappa shape index (κ1) is 16.5. The van der Waals surface area contributed by atoms with E-state index in [4.69, 9.17) is 4.52 Å². The fraction of sp³-hybridized carbons (Fsp3) is 0.444. The summed E-state index contributed by atoms with van der Waals surface area (Å²) in [6, 6.07) is 5.53. The molecule has 3 rings (SSSR count). The molecular weight excluding hydrogens is 306 g/mol. The number of hydrogen-bond acceptors (Lipinski definition) is 5. The monoisotopic (exact) mass is 329 g/mol. The third-order valence-corrected chi connectivity index (χ3v) is 4.59. The molecular formula is C18H23N3O3. The second kappa shape index (κ2) is 6.65. The third kappa shape index (κ3) is 3.43. The standard InChI is InChI=1S/C18H23N3O3/c1-12-8-15(16(22)9-13(12)2)11-20-4-6-21(7-5-20)18(23)17-10-14(3)19-24-17/h8-10,22H,4-7,11H2,1-3H3. The van der Waals surface area contributed by atoms with E-state index in [1.54, 1.807) is 17.9 Å². The van der Waals surface area contributed by atoms with Crippen LogP contribution in [0.5, 0.6) is 5.75 Å². The number of benzene rings is 1. The lowest BCUT2D eigenvalue weighted by Gasteiger charge is -2.34. The van der Waals surface area contributed by atoms with Crippen LogP contribution in [0.25, 0.3) is 0 Å². The van der Waals surface area contributed by atoms with Crippen molar-refractivity contribution in [2.45, 2.75) is 27.3 Å². The normalized spacial score (nSPS) is 15.7. The maximum Gasteiger partial charge on any atom is 0.292 e. The molecule has 1 fully saturated rings. The number of amides is 1. The molecule has 1 aromatic heterocycles. The average molecular weight is 329 g/mol. The summed E-state index contributed by atoms with van der Waals surface area (Å²) in [5, 5.41) is 13.9. The molecule has 0 saturated carbocycles. The van der Waals surface area contributed by atoms with Crippen LogP contribution in [0.4, 0.5) is 0 Å². The van der Waals surface area contributed by atoms with E-state index in [-0.39, 0.29) is 5.91 Å². The Kier molecular flexibility index (Phi) is 4.57. The van der Waals surface area contributed by atoms with Crippen LogP contribution in [0, 0.1) is 20.8 Å². The van der Waals surface area contributed by atoms with Gasteiger partial charge in [0.15, 0.2) is 0 Å². The molecule has 0 bridgehead atoms. The van der Waals surface area contributed by atoms with Gasteiger partial charge in [0.2, 0.25) is 5.76 Å². The Morgan fingerprint density at radius 1 is 1.12 bits per heavy atom. The number of phenolic OH excluding ortho intramolecular Hbond substituents is 1. The van der Waals surface area contributed by atoms with E-state index in [1.165, 1.54) is 5.56 Å². The number of aromatic hydroxyl groups is 1. The number of rotatable bonds is 3. The highest BCUT2D eigenvalue weighted by molar-refractivity contribution is 5.91. The van der Waals surface area contributed by atoms with Gasteiger partial charge in [-0.05, 0) is 38.0 Å². The molecule has 0 atom stereocenters. The summed E-state index contributed by atoms with van der Waals surface area (Å²) in [5.74, 6) is 0.533. The van der Waals surface area contributed by atoms with Crippen LogP contribution < -0.4 is 0 Å². The lowest BCUT2D eigenvalue weighted by Crippen LogP contribution is -2.48. The number of carbonyl (C=O) groups is 1. The summed E-state index contributed by atoms with van der Waals surface area (Å²) in [6.45, 7) is 9.36. The van der Waals surface area contributed by atoms with Gasteiger partial charge in [-0.2, -0.15) is 0 Å². The number of piperazine rings is 1. The Morgan fingerprint density at radius 2 is 1.79 bits per heavy atom. The maximum absolute atomic E-state index is 12.3. The molecule has 6 nitrogen and oxygen atoms in total. The highest BCUT2D eigenvalue weighted by Gasteiger charge is 2.25. The van der Waals surface area contributed by atoms with Crippen molar-refractivity contribution in [2.24, 2.45) is 0 Å². The van der Waals surface area contributed by atoms with Crippen LogP contribution in [0.2, 0.25) is 0 Å². The molecule has 2 aromatic rings. The number of aromatic nitrogens is 1. The summed E-state index contributed by atoms with van der Waals surface area (Å²) >= 11 is 0. The number of nitrogens with zero attached hydrogens (tertiary/aromatic N) is 3. The highest BCUT2D eigenvalue weighted by atomic mass is 16.5. The fourth-order valence-electron chi connectivity index (χ4n) is 2.96. The Hall–Kier alpha value is -2.34. The predicted molar refractivity (Wildman–Crippen MR) is 90.0 cm³/mol. The summed E-state index contributed by atoms with van der Waals surface area (Å²) in [6.07, 6.45) is 0. The van der Waals surface area contributed by atoms with Gasteiger partial charge in [-0.25, -0.2) is 0 Å². The van der Waals surface area contributed by atoms with Gasteiger partial charge < -0.3 is 14.5 Å². The molecule has 6 heteroatoms. The van der Waals surface area contributed by atoms with E-state index >= 15 is 0 Å². The molecule has 1 saturated heterocycles. The molecule has 1 aliphatic heterocycles. The first-order valence-electron chi connectivity index (χ1n) is 8.18. The van der Waals surface area contributed by atoms with Crippen LogP contribution >= 0.6 is 0 Å². The Morgan fingerprint density at radius 3 is 2.42 bits per heavy atom. The minimum atomic E-state index is -0.107. The fourth-order valence-corrected chi connectivity index (χ4v) is 2.96. The van der Waals surface area contributed by atoms with Gasteiger partial charge in [0.1, 0.15) is 5.75 Å². The summed E-state index contributed by atoms with van der Waals surface area (Å²) in [4.78, 5) is 16.4. The Labute approximate surface area is 141 Å². The SMILES string of the molecule is Cc1cc(C(=O)N2CCN(Cc3cc(C)c(C)cc3O)CC2)on1. The molecule has 2 heterocycles. The van der Waals surface area contributed by atoms with Crippen molar-refractivity contribution < 1.29 is 14.4 Å². The van der Waals surface area contributed by atoms with Gasteiger partial charge in [-0.1, -0.05) is 11.2 Å². The van der Waals surface area contributed by atoms with E-state index in [0.29, 0.717) is 36.8 Å². The van der Waals surface area contributed by atoms with Gasteiger partial charge in [-0.15, -0.1) is 0 Å². The van der Waals surface area contributed by atoms with Crippen LogP contribution in [0.15, 0.2) is 22.7 Å². The third-order valence-electron chi connectivity index (χ3n) is 4.59. The summed E-state index contributed by atoms with van der Waals surface area (Å²) in [5.41, 5.74) is 3.91. The van der Waals surface area contributed by atoms with Crippen molar-refractivity contribution in [3.05, 3.63) is 46.3 Å². The molecule has 1 aromatic carbocycles. The minimum absolute atomic E-state index is 0.107. The molecule has 1 aliphatic rings. The van der Waals surface area contributed by atoms with Gasteiger partial charge in [0.25, 0.3) is 5.91 Å². The zero-order chi connectivity index (χ0) is 17.3. The Balaban J connectivity index is 1.59. The van der Waals surface area contributed by atoms with E-state index in [9.17, 15) is 9.90 Å². The minimum Gasteiger partial charge on any atom is -0.508 e. The zero-order valence-electron chi connectivity index (χ0n) is 14.4. The number of hydrogen-bond donors (Lipinski definition) is 1. The zero-order valence-corrected chi connectivity index (χ0v) is 14.4. The molecule has 0 spiro atoms. The molecule has 24 heavy (non-hydrogen) atoms. The van der Waals surface area contributed by atoms with Crippen molar-refractivity contribution in [1.29, 1.82) is 0 Å². The van der Waals surface area contributed by atoms with Crippen LogP contribution in [-0.2, 0) is 6.54 Å². The molecule has 1 N–H and O–H groups in total. The second-order valence-corrected chi connectivity index (χ2v) is 6.47. The maximum atomic E-state index is 12.3. The van der Waals surface area contributed by atoms with Crippen LogP contribution in [0.3, 0.4) is 0 Å². The largest absolute Gasteiger partial charge is 0.508 e. The molecule has 0 unspecified atom stereocenters. The first-order valence-corrected chi connectivity index (χ1v) is 8.18. The second-order valence-electron chi connectivity index (χ2n) is 6.47. The molecule has 0 aliphatic carbocycles. The summed E-state index contributed by atoms with van der Waals surface area (Å²) in [7, 11) is 0. The van der Waals surface area contributed by atoms with Crippen molar-refractivity contribution >= 4 is 5.91 Å². The first-order chi connectivity index (χ1) is 11.4. The number of carbonyl (C=O) groups excluding carboxylic acids is 1. The van der Waals surface area contributed by atoms with Gasteiger partial charge in [-0.3, -0.25) is 9.69 Å². The highest BCUT2D eigenvalue weighted by Crippen LogP contribution is 2.24. The van der Waals surface area contributed by atoms with Gasteiger partial charge >= 0.3 is 0 Å². The molecule has 128 valence electrons. The number of aryl methyl sites for hydroxylation is 3. The van der Waals surface area contributed by atoms with Crippen molar-refractivity contribution in [2.75, 3.05) is 26.2 Å². The molecule has 1 amide bonds. The van der Waals surface area contributed by atoms with Gasteiger partial charge in [0, 0.05) is 44.4 Å². The Bertz CT molecular complexity index is 746.